The summed E-state index contributed by atoms with van der Waals surface area (Å²) in [6.07, 6.45) is 0.0833. The van der Waals surface area contributed by atoms with Crippen LogP contribution in [0.15, 0.2) is 54.6 Å². The zero-order chi connectivity index (χ0) is 28.8. The monoisotopic (exact) mass is 538 g/mol. The Morgan fingerprint density at radius 1 is 0.897 bits per heavy atom. The molecule has 39 heavy (non-hydrogen) atoms. The van der Waals surface area contributed by atoms with E-state index in [1.54, 1.807) is 0 Å². The lowest BCUT2D eigenvalue weighted by Crippen LogP contribution is -2.47. The highest BCUT2D eigenvalue weighted by atomic mass is 16.2. The van der Waals surface area contributed by atoms with Gasteiger partial charge in [0, 0.05) is 38.3 Å². The summed E-state index contributed by atoms with van der Waals surface area (Å²) in [4.78, 5) is 52.5. The number of nitrogens with zero attached hydrogens (tertiary/aromatic N) is 1. The van der Waals surface area contributed by atoms with Crippen molar-refractivity contribution in [2.75, 3.05) is 31.5 Å². The molecule has 0 radical (unpaired) electrons. The normalized spacial score (nSPS) is 12.5. The van der Waals surface area contributed by atoms with Gasteiger partial charge in [-0.2, -0.15) is 0 Å². The van der Waals surface area contributed by atoms with Gasteiger partial charge >= 0.3 is 0 Å². The fourth-order valence-corrected chi connectivity index (χ4v) is 4.04. The van der Waals surface area contributed by atoms with Gasteiger partial charge in [-0.1, -0.05) is 56.3 Å². The highest BCUT2D eigenvalue weighted by Crippen LogP contribution is 2.18. The Hall–Kier alpha value is -3.60. The van der Waals surface area contributed by atoms with Crippen LogP contribution in [0.25, 0.3) is 0 Å². The minimum absolute atomic E-state index is 0.254. The molecule has 2 aromatic rings. The topological polar surface area (TPSA) is 174 Å². The summed E-state index contributed by atoms with van der Waals surface area (Å²) in [5.74, 6) is -1.60. The molecule has 0 saturated carbocycles. The number of Topliss-reactive ketones (excluding diaryl/α,β-unsaturated/α-hetero) is 1. The van der Waals surface area contributed by atoms with Crippen molar-refractivity contribution >= 4 is 29.2 Å². The molecule has 0 aliphatic heterocycles. The molecule has 10 nitrogen and oxygen atoms in total. The first-order valence-corrected chi connectivity index (χ1v) is 13.3. The Labute approximate surface area is 230 Å². The molecule has 0 spiro atoms. The van der Waals surface area contributed by atoms with Gasteiger partial charge in [0.2, 0.25) is 17.7 Å². The average molecular weight is 539 g/mol. The Kier molecular flexibility index (Phi) is 13.3. The molecule has 3 amide bonds. The number of rotatable bonds is 16. The third-order valence-electron chi connectivity index (χ3n) is 6.35. The first kappa shape index (κ1) is 31.6. The van der Waals surface area contributed by atoms with Crippen molar-refractivity contribution in [3.63, 3.8) is 0 Å². The molecule has 212 valence electrons. The van der Waals surface area contributed by atoms with Crippen LogP contribution in [0.2, 0.25) is 0 Å². The largest absolute Gasteiger partial charge is 0.344 e. The molecule has 1 unspecified atom stereocenters. The quantitative estimate of drug-likeness (QED) is 0.200. The standard InChI is InChI=1S/C29H42N6O4/c1-20(2)22-9-11-23(12-10-22)33-29(39)25(13-8-21-6-4-3-5-7-21)34-27(37)19-26(36)24(32)18-28(38)35(16-14-30)17-15-31/h3-7,9-12,20,24-25H,8,13-19,30-32H2,1-2H3,(H,33,39)(H,34,37)/t24-,25?/m0/s1. The van der Waals surface area contributed by atoms with E-state index in [-0.39, 0.29) is 31.3 Å². The molecular weight excluding hydrogens is 496 g/mol. The molecule has 0 fully saturated rings. The van der Waals surface area contributed by atoms with Crippen LogP contribution in [-0.2, 0) is 25.6 Å². The number of hydrogen-bond acceptors (Lipinski definition) is 7. The molecule has 2 rings (SSSR count). The number of carbonyl (C=O) groups excluding carboxylic acids is 4. The third-order valence-corrected chi connectivity index (χ3v) is 6.35. The Balaban J connectivity index is 2.03. The van der Waals surface area contributed by atoms with Crippen molar-refractivity contribution in [3.8, 4) is 0 Å². The Bertz CT molecular complexity index is 1070. The summed E-state index contributed by atoms with van der Waals surface area (Å²) in [7, 11) is 0. The van der Waals surface area contributed by atoms with Gasteiger partial charge in [0.05, 0.1) is 12.5 Å². The van der Waals surface area contributed by atoms with Crippen LogP contribution in [0.1, 0.15) is 50.2 Å². The molecule has 10 heteroatoms. The van der Waals surface area contributed by atoms with Crippen molar-refractivity contribution < 1.29 is 19.2 Å². The van der Waals surface area contributed by atoms with E-state index < -0.39 is 30.2 Å². The number of nitrogens with one attached hydrogen (secondary N) is 2. The van der Waals surface area contributed by atoms with Crippen LogP contribution < -0.4 is 27.8 Å². The predicted molar refractivity (Wildman–Crippen MR) is 153 cm³/mol. The van der Waals surface area contributed by atoms with Crippen LogP contribution in [0.5, 0.6) is 0 Å². The summed E-state index contributed by atoms with van der Waals surface area (Å²) in [5, 5.41) is 5.54. The Morgan fingerprint density at radius 2 is 1.51 bits per heavy atom. The minimum atomic E-state index is -1.16. The number of nitrogens with two attached hydrogens (primary N) is 3. The van der Waals surface area contributed by atoms with Crippen LogP contribution in [0.3, 0.4) is 0 Å². The minimum Gasteiger partial charge on any atom is -0.344 e. The number of benzene rings is 2. The lowest BCUT2D eigenvalue weighted by molar-refractivity contribution is -0.135. The number of aryl methyl sites for hydroxylation is 1. The highest BCUT2D eigenvalue weighted by Gasteiger charge is 2.26. The molecule has 2 atom stereocenters. The molecule has 0 bridgehead atoms. The van der Waals surface area contributed by atoms with Gasteiger partial charge in [0.25, 0.3) is 0 Å². The second-order valence-electron chi connectivity index (χ2n) is 9.82. The van der Waals surface area contributed by atoms with Gasteiger partial charge < -0.3 is 32.7 Å². The number of hydrogen-bond donors (Lipinski definition) is 5. The lowest BCUT2D eigenvalue weighted by Gasteiger charge is -2.23. The lowest BCUT2D eigenvalue weighted by atomic mass is 10.0. The number of amides is 3. The number of ketones is 1. The average Bonchev–Trinajstić information content (AvgIpc) is 2.91. The van der Waals surface area contributed by atoms with E-state index in [1.165, 1.54) is 4.90 Å². The highest BCUT2D eigenvalue weighted by molar-refractivity contribution is 6.04. The number of carbonyl (C=O) groups is 4. The van der Waals surface area contributed by atoms with Gasteiger partial charge in [-0.15, -0.1) is 0 Å². The van der Waals surface area contributed by atoms with Crippen molar-refractivity contribution in [3.05, 3.63) is 65.7 Å². The van der Waals surface area contributed by atoms with Crippen LogP contribution in [0.4, 0.5) is 5.69 Å². The fourth-order valence-electron chi connectivity index (χ4n) is 4.04. The molecular formula is C29H42N6O4. The van der Waals surface area contributed by atoms with Gasteiger partial charge in [-0.3, -0.25) is 19.2 Å². The van der Waals surface area contributed by atoms with E-state index in [4.69, 9.17) is 17.2 Å². The SMILES string of the molecule is CC(C)c1ccc(NC(=O)C(CCc2ccccc2)NC(=O)CC(=O)[C@@H](N)CC(=O)N(CCN)CCN)cc1. The summed E-state index contributed by atoms with van der Waals surface area (Å²) < 4.78 is 0. The molecule has 2 aromatic carbocycles. The van der Waals surface area contributed by atoms with E-state index in [9.17, 15) is 19.2 Å². The van der Waals surface area contributed by atoms with Crippen LogP contribution in [-0.4, -0.2) is 66.7 Å². The van der Waals surface area contributed by atoms with Crippen molar-refractivity contribution in [2.24, 2.45) is 17.2 Å². The fraction of sp³-hybridized carbons (Fsp3) is 0.448. The van der Waals surface area contributed by atoms with Crippen molar-refractivity contribution in [1.82, 2.24) is 10.2 Å². The summed E-state index contributed by atoms with van der Waals surface area (Å²) in [6.45, 7) is 5.28. The summed E-state index contributed by atoms with van der Waals surface area (Å²) in [6, 6.07) is 15.1. The predicted octanol–water partition coefficient (Wildman–Crippen LogP) is 1.29. The summed E-state index contributed by atoms with van der Waals surface area (Å²) >= 11 is 0. The maximum atomic E-state index is 13.1. The molecule has 0 aromatic heterocycles. The second-order valence-corrected chi connectivity index (χ2v) is 9.82. The molecule has 8 N–H and O–H groups in total. The van der Waals surface area contributed by atoms with E-state index in [2.05, 4.69) is 24.5 Å². The van der Waals surface area contributed by atoms with E-state index >= 15 is 0 Å². The van der Waals surface area contributed by atoms with Crippen LogP contribution >= 0.6 is 0 Å². The smallest absolute Gasteiger partial charge is 0.246 e. The molecule has 0 aliphatic carbocycles. The van der Waals surface area contributed by atoms with Crippen LogP contribution in [0, 0.1) is 0 Å². The van der Waals surface area contributed by atoms with Gasteiger partial charge in [0.15, 0.2) is 5.78 Å². The van der Waals surface area contributed by atoms with Crippen molar-refractivity contribution in [2.45, 2.75) is 57.5 Å². The Morgan fingerprint density at radius 3 is 2.08 bits per heavy atom. The maximum absolute atomic E-state index is 13.1. The molecule has 0 heterocycles. The second kappa shape index (κ2) is 16.4. The van der Waals surface area contributed by atoms with E-state index in [1.807, 2.05) is 54.6 Å². The van der Waals surface area contributed by atoms with E-state index in [0.717, 1.165) is 11.1 Å². The first-order chi connectivity index (χ1) is 18.6. The van der Waals surface area contributed by atoms with E-state index in [0.29, 0.717) is 37.5 Å². The van der Waals surface area contributed by atoms with Gasteiger partial charge in [-0.25, -0.2) is 0 Å². The zero-order valence-electron chi connectivity index (χ0n) is 22.9. The first-order valence-electron chi connectivity index (χ1n) is 13.3. The third kappa shape index (κ3) is 11.0. The van der Waals surface area contributed by atoms with Crippen molar-refractivity contribution in [1.29, 1.82) is 0 Å². The molecule has 0 saturated heterocycles. The van der Waals surface area contributed by atoms with Gasteiger partial charge in [-0.05, 0) is 42.0 Å². The summed E-state index contributed by atoms with van der Waals surface area (Å²) in [5.41, 5.74) is 19.8. The molecule has 0 aliphatic rings. The number of anilines is 1. The van der Waals surface area contributed by atoms with Gasteiger partial charge in [0.1, 0.15) is 6.04 Å². The maximum Gasteiger partial charge on any atom is 0.246 e. The zero-order valence-corrected chi connectivity index (χ0v) is 22.9.